The van der Waals surface area contributed by atoms with Crippen LogP contribution in [0.1, 0.15) is 23.9 Å². The molecule has 0 spiro atoms. The fraction of sp³-hybridized carbons (Fsp3) is 0.467. The molecule has 108 valence electrons. The number of nitrogens with zero attached hydrogens (tertiary/aromatic N) is 3. The van der Waals surface area contributed by atoms with Crippen molar-refractivity contribution in [1.82, 2.24) is 14.8 Å². The van der Waals surface area contributed by atoms with Gasteiger partial charge in [0.15, 0.2) is 0 Å². The Morgan fingerprint density at radius 3 is 2.50 bits per heavy atom. The molecule has 1 aromatic heterocycles. The summed E-state index contributed by atoms with van der Waals surface area (Å²) in [6.45, 7) is 4.43. The summed E-state index contributed by atoms with van der Waals surface area (Å²) in [7, 11) is 0. The monoisotopic (exact) mass is 275 g/mol. The van der Waals surface area contributed by atoms with E-state index >= 15 is 0 Å². The second kappa shape index (κ2) is 6.15. The number of hydrogen-bond donors (Lipinski definition) is 2. The van der Waals surface area contributed by atoms with E-state index in [1.165, 1.54) is 6.33 Å². The third-order valence-electron chi connectivity index (χ3n) is 3.81. The van der Waals surface area contributed by atoms with Crippen LogP contribution in [-0.2, 0) is 18.4 Å². The number of rotatable bonds is 6. The summed E-state index contributed by atoms with van der Waals surface area (Å²) < 4.78 is 1.79. The molecule has 0 aliphatic heterocycles. The molecule has 0 fully saturated rings. The molecule has 0 unspecified atom stereocenters. The van der Waals surface area contributed by atoms with Crippen LogP contribution in [0.4, 0.5) is 0 Å². The molecule has 2 N–H and O–H groups in total. The quantitative estimate of drug-likeness (QED) is 0.827. The van der Waals surface area contributed by atoms with Crippen LogP contribution < -0.4 is 0 Å². The molecule has 0 amide bonds. The van der Waals surface area contributed by atoms with E-state index in [0.29, 0.717) is 6.42 Å². The Labute approximate surface area is 118 Å². The maximum Gasteiger partial charge on any atom is 0.138 e. The number of hydrogen-bond acceptors (Lipinski definition) is 4. The lowest BCUT2D eigenvalue weighted by Crippen LogP contribution is -2.39. The van der Waals surface area contributed by atoms with E-state index in [1.54, 1.807) is 4.68 Å². The van der Waals surface area contributed by atoms with Crippen molar-refractivity contribution in [3.63, 3.8) is 0 Å². The van der Waals surface area contributed by atoms with Crippen LogP contribution in [0, 0.1) is 6.92 Å². The number of aromatic nitrogens is 3. The molecule has 2 aromatic rings. The first-order valence-electron chi connectivity index (χ1n) is 6.81. The number of aryl methyl sites for hydroxylation is 2. The summed E-state index contributed by atoms with van der Waals surface area (Å²) in [6, 6.07) is 7.81. The van der Waals surface area contributed by atoms with Gasteiger partial charge in [-0.15, -0.1) is 0 Å². The van der Waals surface area contributed by atoms with Crippen molar-refractivity contribution in [1.29, 1.82) is 0 Å². The molecule has 1 aromatic carbocycles. The molecule has 5 nitrogen and oxygen atoms in total. The highest BCUT2D eigenvalue weighted by atomic mass is 16.3. The summed E-state index contributed by atoms with van der Waals surface area (Å²) in [4.78, 5) is 4.25. The molecule has 0 saturated heterocycles. The minimum atomic E-state index is -0.731. The fourth-order valence-corrected chi connectivity index (χ4v) is 2.59. The van der Waals surface area contributed by atoms with E-state index in [9.17, 15) is 10.2 Å². The van der Waals surface area contributed by atoms with Gasteiger partial charge in [-0.1, -0.05) is 24.3 Å². The molecule has 0 radical (unpaired) electrons. The summed E-state index contributed by atoms with van der Waals surface area (Å²) in [5.41, 5.74) is 1.28. The van der Waals surface area contributed by atoms with Crippen molar-refractivity contribution in [2.45, 2.75) is 32.2 Å². The summed E-state index contributed by atoms with van der Waals surface area (Å²) in [5, 5.41) is 23.9. The molecule has 5 heteroatoms. The van der Waals surface area contributed by atoms with Crippen molar-refractivity contribution < 1.29 is 10.2 Å². The molecular weight excluding hydrogens is 254 g/mol. The second-order valence-electron chi connectivity index (χ2n) is 5.08. The zero-order valence-electron chi connectivity index (χ0n) is 12.0. The Morgan fingerprint density at radius 1 is 1.20 bits per heavy atom. The van der Waals surface area contributed by atoms with Gasteiger partial charge in [-0.25, -0.2) is 4.98 Å². The van der Waals surface area contributed by atoms with Crippen LogP contribution in [0.15, 0.2) is 30.6 Å². The van der Waals surface area contributed by atoms with Crippen molar-refractivity contribution in [3.8, 4) is 0 Å². The van der Waals surface area contributed by atoms with Crippen molar-refractivity contribution >= 4 is 0 Å². The van der Waals surface area contributed by atoms with Gasteiger partial charge >= 0.3 is 0 Å². The summed E-state index contributed by atoms with van der Waals surface area (Å²) in [5.74, 6) is 0.777. The number of aliphatic hydroxyl groups is 2. The van der Waals surface area contributed by atoms with E-state index < -0.39 is 5.41 Å². The maximum absolute atomic E-state index is 9.90. The van der Waals surface area contributed by atoms with E-state index in [0.717, 1.165) is 23.5 Å². The van der Waals surface area contributed by atoms with Crippen molar-refractivity contribution in [3.05, 3.63) is 47.5 Å². The molecular formula is C15H21N3O2. The molecule has 0 aliphatic carbocycles. The smallest absolute Gasteiger partial charge is 0.138 e. The lowest BCUT2D eigenvalue weighted by molar-refractivity contribution is 0.113. The van der Waals surface area contributed by atoms with E-state index in [4.69, 9.17) is 0 Å². The molecule has 0 aliphatic rings. The van der Waals surface area contributed by atoms with Crippen molar-refractivity contribution in [2.24, 2.45) is 0 Å². The van der Waals surface area contributed by atoms with Crippen LogP contribution in [0.5, 0.6) is 0 Å². The van der Waals surface area contributed by atoms with Crippen LogP contribution >= 0.6 is 0 Å². The second-order valence-corrected chi connectivity index (χ2v) is 5.08. The first kappa shape index (κ1) is 14.7. The van der Waals surface area contributed by atoms with E-state index in [2.05, 4.69) is 10.1 Å². The average molecular weight is 275 g/mol. The highest BCUT2D eigenvalue weighted by molar-refractivity contribution is 5.34. The van der Waals surface area contributed by atoms with Gasteiger partial charge in [0, 0.05) is 18.4 Å². The topological polar surface area (TPSA) is 71.2 Å². The SMILES string of the molecule is CCn1ncnc1CC(CO)(CO)c1ccccc1C. The van der Waals surface area contributed by atoms with Gasteiger partial charge in [-0.3, -0.25) is 4.68 Å². The summed E-state index contributed by atoms with van der Waals surface area (Å²) in [6.07, 6.45) is 1.97. The molecule has 0 bridgehead atoms. The first-order chi connectivity index (χ1) is 9.66. The van der Waals surface area contributed by atoms with Gasteiger partial charge in [0.05, 0.1) is 13.2 Å². The molecule has 0 saturated carbocycles. The average Bonchev–Trinajstić information content (AvgIpc) is 2.92. The zero-order valence-corrected chi connectivity index (χ0v) is 12.0. The molecule has 20 heavy (non-hydrogen) atoms. The van der Waals surface area contributed by atoms with Crippen LogP contribution in [0.3, 0.4) is 0 Å². The van der Waals surface area contributed by atoms with Crippen LogP contribution in [0.2, 0.25) is 0 Å². The predicted octanol–water partition coefficient (Wildman–Crippen LogP) is 1.07. The highest BCUT2D eigenvalue weighted by Gasteiger charge is 2.34. The number of aliphatic hydroxyl groups excluding tert-OH is 2. The Balaban J connectivity index is 2.43. The Kier molecular flexibility index (Phi) is 4.52. The fourth-order valence-electron chi connectivity index (χ4n) is 2.59. The molecule has 0 atom stereocenters. The molecule has 2 rings (SSSR count). The Bertz CT molecular complexity index is 562. The van der Waals surface area contributed by atoms with Gasteiger partial charge in [0.2, 0.25) is 0 Å². The van der Waals surface area contributed by atoms with Crippen LogP contribution in [0.25, 0.3) is 0 Å². The normalized spacial score (nSPS) is 11.8. The van der Waals surface area contributed by atoms with Gasteiger partial charge < -0.3 is 10.2 Å². The number of benzene rings is 1. The predicted molar refractivity (Wildman–Crippen MR) is 76.4 cm³/mol. The van der Waals surface area contributed by atoms with Gasteiger partial charge in [-0.05, 0) is 25.0 Å². The first-order valence-corrected chi connectivity index (χ1v) is 6.81. The third-order valence-corrected chi connectivity index (χ3v) is 3.81. The lowest BCUT2D eigenvalue weighted by atomic mass is 9.76. The van der Waals surface area contributed by atoms with Gasteiger partial charge in [0.25, 0.3) is 0 Å². The standard InChI is InChI=1S/C15H21N3O2/c1-3-18-14(16-11-17-18)8-15(9-19,10-20)13-7-5-4-6-12(13)2/h4-7,11,19-20H,3,8-10H2,1-2H3. The Hall–Kier alpha value is -1.72. The van der Waals surface area contributed by atoms with E-state index in [1.807, 2.05) is 38.1 Å². The molecule has 1 heterocycles. The third kappa shape index (κ3) is 2.59. The Morgan fingerprint density at radius 2 is 1.90 bits per heavy atom. The summed E-state index contributed by atoms with van der Waals surface area (Å²) >= 11 is 0. The minimum absolute atomic E-state index is 0.134. The van der Waals surface area contributed by atoms with Gasteiger partial charge in [0.1, 0.15) is 12.2 Å². The van der Waals surface area contributed by atoms with Crippen LogP contribution in [-0.4, -0.2) is 38.2 Å². The van der Waals surface area contributed by atoms with Gasteiger partial charge in [-0.2, -0.15) is 5.10 Å². The van der Waals surface area contributed by atoms with E-state index in [-0.39, 0.29) is 13.2 Å². The maximum atomic E-state index is 9.90. The zero-order chi connectivity index (χ0) is 14.6. The highest BCUT2D eigenvalue weighted by Crippen LogP contribution is 2.29. The largest absolute Gasteiger partial charge is 0.395 e. The lowest BCUT2D eigenvalue weighted by Gasteiger charge is -2.31. The van der Waals surface area contributed by atoms with Crippen molar-refractivity contribution in [2.75, 3.05) is 13.2 Å². The minimum Gasteiger partial charge on any atom is -0.395 e.